The fraction of sp³-hybridized carbons (Fsp3) is 0.400. The first-order chi connectivity index (χ1) is 7.08. The molecule has 0 saturated heterocycles. The van der Waals surface area contributed by atoms with Crippen LogP contribution in [0.5, 0.6) is 0 Å². The lowest BCUT2D eigenvalue weighted by atomic mass is 10.2. The third-order valence-electron chi connectivity index (χ3n) is 2.80. The van der Waals surface area contributed by atoms with Crippen molar-refractivity contribution in [2.45, 2.75) is 24.6 Å². The molecule has 0 radical (unpaired) electrons. The second kappa shape index (κ2) is 2.98. The van der Waals surface area contributed by atoms with Gasteiger partial charge in [-0.05, 0) is 36.6 Å². The van der Waals surface area contributed by atoms with E-state index in [0.717, 1.165) is 28.6 Å². The van der Waals surface area contributed by atoms with Crippen LogP contribution in [0.1, 0.15) is 18.4 Å². The Labute approximate surface area is 97.3 Å². The molecule has 1 aliphatic carbocycles. The molecule has 1 heterocycles. The van der Waals surface area contributed by atoms with Gasteiger partial charge in [-0.3, -0.25) is 4.31 Å². The molecule has 1 aromatic rings. The molecule has 0 amide bonds. The van der Waals surface area contributed by atoms with Crippen LogP contribution in [0.2, 0.25) is 0 Å². The van der Waals surface area contributed by atoms with Crippen molar-refractivity contribution in [1.82, 2.24) is 0 Å². The van der Waals surface area contributed by atoms with Gasteiger partial charge in [0.15, 0.2) is 0 Å². The van der Waals surface area contributed by atoms with Gasteiger partial charge in [-0.2, -0.15) is 0 Å². The summed E-state index contributed by atoms with van der Waals surface area (Å²) in [5.74, 6) is 0.151. The Morgan fingerprint density at radius 2 is 2.07 bits per heavy atom. The normalized spacial score (nSPS) is 22.9. The Hall–Kier alpha value is -0.550. The Balaban J connectivity index is 2.16. The van der Waals surface area contributed by atoms with Gasteiger partial charge in [-0.1, -0.05) is 15.9 Å². The van der Waals surface area contributed by atoms with E-state index >= 15 is 0 Å². The number of nitrogens with zero attached hydrogens (tertiary/aromatic N) is 1. The second-order valence-electron chi connectivity index (χ2n) is 4.06. The number of anilines is 1. The maximum atomic E-state index is 11.9. The molecule has 3 rings (SSSR count). The summed E-state index contributed by atoms with van der Waals surface area (Å²) in [4.78, 5) is 0. The first-order valence-corrected chi connectivity index (χ1v) is 7.29. The van der Waals surface area contributed by atoms with E-state index < -0.39 is 10.0 Å². The second-order valence-corrected chi connectivity index (χ2v) is 6.82. The van der Waals surface area contributed by atoms with Crippen LogP contribution < -0.4 is 4.31 Å². The van der Waals surface area contributed by atoms with Crippen molar-refractivity contribution in [3.8, 4) is 0 Å². The number of benzene rings is 1. The fourth-order valence-electron chi connectivity index (χ4n) is 2.03. The number of sulfonamides is 1. The van der Waals surface area contributed by atoms with Gasteiger partial charge in [-0.15, -0.1) is 0 Å². The Kier molecular flexibility index (Phi) is 1.92. The van der Waals surface area contributed by atoms with Gasteiger partial charge in [0.2, 0.25) is 10.0 Å². The molecule has 3 nitrogen and oxygen atoms in total. The van der Waals surface area contributed by atoms with Gasteiger partial charge >= 0.3 is 0 Å². The summed E-state index contributed by atoms with van der Waals surface area (Å²) >= 11 is 3.36. The first kappa shape index (κ1) is 9.66. The van der Waals surface area contributed by atoms with E-state index in [4.69, 9.17) is 0 Å². The summed E-state index contributed by atoms with van der Waals surface area (Å²) in [6, 6.07) is 5.91. The van der Waals surface area contributed by atoms with Crippen LogP contribution in [0.25, 0.3) is 0 Å². The third-order valence-corrected chi connectivity index (χ3v) is 5.06. The van der Waals surface area contributed by atoms with Crippen LogP contribution in [0.15, 0.2) is 22.7 Å². The number of hydrogen-bond donors (Lipinski definition) is 0. The van der Waals surface area contributed by atoms with E-state index in [1.807, 2.05) is 18.2 Å². The number of rotatable bonds is 1. The topological polar surface area (TPSA) is 37.4 Å². The first-order valence-electron chi connectivity index (χ1n) is 4.88. The number of hydrogen-bond acceptors (Lipinski definition) is 2. The average molecular weight is 288 g/mol. The summed E-state index contributed by atoms with van der Waals surface area (Å²) < 4.78 is 26.4. The molecule has 0 atom stereocenters. The molecular formula is C10H10BrNO2S. The molecule has 15 heavy (non-hydrogen) atoms. The van der Waals surface area contributed by atoms with Gasteiger partial charge < -0.3 is 0 Å². The molecule has 0 aromatic heterocycles. The summed E-state index contributed by atoms with van der Waals surface area (Å²) in [7, 11) is -3.09. The highest BCUT2D eigenvalue weighted by molar-refractivity contribution is 9.10. The van der Waals surface area contributed by atoms with Gasteiger partial charge in [0.05, 0.1) is 11.4 Å². The third kappa shape index (κ3) is 1.49. The monoisotopic (exact) mass is 287 g/mol. The quantitative estimate of drug-likeness (QED) is 0.795. The van der Waals surface area contributed by atoms with E-state index in [9.17, 15) is 8.42 Å². The van der Waals surface area contributed by atoms with Crippen molar-refractivity contribution in [3.63, 3.8) is 0 Å². The highest BCUT2D eigenvalue weighted by atomic mass is 79.9. The summed E-state index contributed by atoms with van der Waals surface area (Å²) in [6.07, 6.45) is 1.99. The minimum Gasteiger partial charge on any atom is -0.267 e. The van der Waals surface area contributed by atoms with Gasteiger partial charge in [0, 0.05) is 10.5 Å². The lowest BCUT2D eigenvalue weighted by Gasteiger charge is -2.17. The minimum absolute atomic E-state index is 0.151. The molecule has 0 unspecified atom stereocenters. The molecule has 80 valence electrons. The zero-order valence-corrected chi connectivity index (χ0v) is 10.4. The lowest BCUT2D eigenvalue weighted by molar-refractivity contribution is 0.593. The summed E-state index contributed by atoms with van der Waals surface area (Å²) in [5.41, 5.74) is 1.79. The SMILES string of the molecule is O=S1(=O)Cc2cc(Br)ccc2N1C1CC1. The predicted octanol–water partition coefficient (Wildman–Crippen LogP) is 2.26. The molecule has 2 aliphatic rings. The molecule has 1 aromatic carbocycles. The maximum Gasteiger partial charge on any atom is 0.239 e. The van der Waals surface area contributed by atoms with Gasteiger partial charge in [0.1, 0.15) is 0 Å². The van der Waals surface area contributed by atoms with E-state index in [0.29, 0.717) is 0 Å². The number of fused-ring (bicyclic) bond motifs is 1. The molecule has 1 saturated carbocycles. The summed E-state index contributed by atoms with van der Waals surface area (Å²) in [5, 5.41) is 0. The lowest BCUT2D eigenvalue weighted by Crippen LogP contribution is -2.28. The minimum atomic E-state index is -3.09. The Morgan fingerprint density at radius 1 is 1.33 bits per heavy atom. The van der Waals surface area contributed by atoms with Crippen LogP contribution in [-0.4, -0.2) is 14.5 Å². The van der Waals surface area contributed by atoms with Crippen molar-refractivity contribution in [2.24, 2.45) is 0 Å². The predicted molar refractivity (Wildman–Crippen MR) is 62.3 cm³/mol. The zero-order chi connectivity index (χ0) is 10.6. The highest BCUT2D eigenvalue weighted by Gasteiger charge is 2.42. The largest absolute Gasteiger partial charge is 0.267 e. The Bertz CT molecular complexity index is 522. The van der Waals surface area contributed by atoms with Crippen molar-refractivity contribution < 1.29 is 8.42 Å². The molecular weight excluding hydrogens is 278 g/mol. The molecule has 0 N–H and O–H groups in total. The van der Waals surface area contributed by atoms with Crippen LogP contribution in [0.4, 0.5) is 5.69 Å². The fourth-order valence-corrected chi connectivity index (χ4v) is 4.35. The van der Waals surface area contributed by atoms with Crippen LogP contribution in [0, 0.1) is 0 Å². The molecule has 5 heteroatoms. The van der Waals surface area contributed by atoms with E-state index in [1.54, 1.807) is 4.31 Å². The van der Waals surface area contributed by atoms with Crippen molar-refractivity contribution in [1.29, 1.82) is 0 Å². The zero-order valence-electron chi connectivity index (χ0n) is 7.98. The average Bonchev–Trinajstić information content (AvgIpc) is 2.89. The maximum absolute atomic E-state index is 11.9. The van der Waals surface area contributed by atoms with E-state index in [2.05, 4.69) is 15.9 Å². The van der Waals surface area contributed by atoms with Gasteiger partial charge in [0.25, 0.3) is 0 Å². The Morgan fingerprint density at radius 3 is 2.73 bits per heavy atom. The standard InChI is InChI=1S/C10H10BrNO2S/c11-8-1-4-10-7(5-8)6-15(13,14)12(10)9-2-3-9/h1,4-5,9H,2-3,6H2. The molecule has 1 fully saturated rings. The van der Waals surface area contributed by atoms with Crippen LogP contribution in [0.3, 0.4) is 0 Å². The van der Waals surface area contributed by atoms with Crippen LogP contribution in [-0.2, 0) is 15.8 Å². The van der Waals surface area contributed by atoms with Crippen LogP contribution >= 0.6 is 15.9 Å². The molecule has 0 spiro atoms. The smallest absolute Gasteiger partial charge is 0.239 e. The van der Waals surface area contributed by atoms with Crippen molar-refractivity contribution >= 4 is 31.6 Å². The highest BCUT2D eigenvalue weighted by Crippen LogP contribution is 2.42. The molecule has 1 aliphatic heterocycles. The van der Waals surface area contributed by atoms with Crippen molar-refractivity contribution in [3.05, 3.63) is 28.2 Å². The van der Waals surface area contributed by atoms with E-state index in [1.165, 1.54) is 0 Å². The van der Waals surface area contributed by atoms with E-state index in [-0.39, 0.29) is 11.8 Å². The number of halogens is 1. The molecule has 0 bridgehead atoms. The summed E-state index contributed by atoms with van der Waals surface area (Å²) in [6.45, 7) is 0. The van der Waals surface area contributed by atoms with Crippen molar-refractivity contribution in [2.75, 3.05) is 4.31 Å². The van der Waals surface area contributed by atoms with Gasteiger partial charge in [-0.25, -0.2) is 8.42 Å².